The van der Waals surface area contributed by atoms with Gasteiger partial charge < -0.3 is 10.4 Å². The van der Waals surface area contributed by atoms with Crippen molar-refractivity contribution in [2.45, 2.75) is 38.5 Å². The molecule has 4 heteroatoms. The Morgan fingerprint density at radius 2 is 1.79 bits per heavy atom. The molecule has 3 rings (SSSR count). The van der Waals surface area contributed by atoms with Gasteiger partial charge >= 0.3 is 0 Å². The minimum atomic E-state index is -0.210. The number of likely N-dealkylation sites (tertiary alicyclic amines) is 1. The van der Waals surface area contributed by atoms with Crippen LogP contribution in [0.4, 0.5) is 10.1 Å². The number of benzene rings is 2. The lowest BCUT2D eigenvalue weighted by Gasteiger charge is -2.30. The Bertz CT molecular complexity index is 651. The summed E-state index contributed by atoms with van der Waals surface area (Å²) in [5, 5.41) is 13.2. The number of nitrogens with one attached hydrogen (secondary N) is 1. The summed E-state index contributed by atoms with van der Waals surface area (Å²) in [6.07, 6.45) is 1.55. The molecule has 2 N–H and O–H groups in total. The largest absolute Gasteiger partial charge is 0.393 e. The first-order valence-electron chi connectivity index (χ1n) is 8.62. The standard InChI is InChI=1S/C20H25FN2O/c1-15(16-6-8-18(21)9-7-16)22-20-5-3-2-4-17(20)14-23-12-10-19(24)11-13-23/h2-9,15,19,22,24H,10-14H2,1H3. The van der Waals surface area contributed by atoms with Crippen LogP contribution in [0.5, 0.6) is 0 Å². The van der Waals surface area contributed by atoms with Crippen LogP contribution in [-0.2, 0) is 6.54 Å². The minimum absolute atomic E-state index is 0.106. The maximum atomic E-state index is 13.1. The molecule has 128 valence electrons. The molecule has 1 aliphatic rings. The smallest absolute Gasteiger partial charge is 0.123 e. The third kappa shape index (κ3) is 4.34. The number of piperidine rings is 1. The van der Waals surface area contributed by atoms with Crippen molar-refractivity contribution in [3.05, 3.63) is 65.5 Å². The highest BCUT2D eigenvalue weighted by Gasteiger charge is 2.18. The van der Waals surface area contributed by atoms with Crippen LogP contribution in [-0.4, -0.2) is 29.2 Å². The highest BCUT2D eigenvalue weighted by atomic mass is 19.1. The van der Waals surface area contributed by atoms with Gasteiger partial charge in [0.15, 0.2) is 0 Å². The first-order chi connectivity index (χ1) is 11.6. The lowest BCUT2D eigenvalue weighted by Crippen LogP contribution is -2.35. The molecule has 1 unspecified atom stereocenters. The van der Waals surface area contributed by atoms with E-state index in [4.69, 9.17) is 0 Å². The number of para-hydroxylation sites is 1. The fourth-order valence-electron chi connectivity index (χ4n) is 3.19. The van der Waals surface area contributed by atoms with E-state index in [0.29, 0.717) is 0 Å². The number of hydrogen-bond donors (Lipinski definition) is 2. The zero-order chi connectivity index (χ0) is 16.9. The average molecular weight is 328 g/mol. The normalized spacial score (nSPS) is 17.6. The molecule has 0 spiro atoms. The SMILES string of the molecule is CC(Nc1ccccc1CN1CCC(O)CC1)c1ccc(F)cc1. The lowest BCUT2D eigenvalue weighted by molar-refractivity contribution is 0.0793. The first-order valence-corrected chi connectivity index (χ1v) is 8.62. The molecule has 1 fully saturated rings. The molecule has 24 heavy (non-hydrogen) atoms. The van der Waals surface area contributed by atoms with Gasteiger partial charge in [-0.3, -0.25) is 4.90 Å². The summed E-state index contributed by atoms with van der Waals surface area (Å²) >= 11 is 0. The number of hydrogen-bond acceptors (Lipinski definition) is 3. The summed E-state index contributed by atoms with van der Waals surface area (Å²) in [6.45, 7) is 4.83. The Hall–Kier alpha value is -1.91. The summed E-state index contributed by atoms with van der Waals surface area (Å²) in [4.78, 5) is 2.38. The molecular weight excluding hydrogens is 303 g/mol. The van der Waals surface area contributed by atoms with Gasteiger partial charge in [0.05, 0.1) is 6.10 Å². The molecule has 2 aromatic carbocycles. The zero-order valence-corrected chi connectivity index (χ0v) is 14.1. The van der Waals surface area contributed by atoms with Gasteiger partial charge in [-0.25, -0.2) is 4.39 Å². The fraction of sp³-hybridized carbons (Fsp3) is 0.400. The third-order valence-corrected chi connectivity index (χ3v) is 4.71. The van der Waals surface area contributed by atoms with Crippen molar-refractivity contribution in [2.24, 2.45) is 0 Å². The molecule has 1 saturated heterocycles. The van der Waals surface area contributed by atoms with Crippen LogP contribution in [0, 0.1) is 5.82 Å². The second-order valence-corrected chi connectivity index (χ2v) is 6.58. The second kappa shape index (κ2) is 7.77. The number of nitrogens with zero attached hydrogens (tertiary/aromatic N) is 1. The van der Waals surface area contributed by atoms with Crippen molar-refractivity contribution in [1.82, 2.24) is 4.90 Å². The Labute approximate surface area is 143 Å². The highest BCUT2D eigenvalue weighted by molar-refractivity contribution is 5.52. The first kappa shape index (κ1) is 16.9. The summed E-state index contributed by atoms with van der Waals surface area (Å²) in [5.41, 5.74) is 3.43. The van der Waals surface area contributed by atoms with Crippen LogP contribution >= 0.6 is 0 Å². The quantitative estimate of drug-likeness (QED) is 0.872. The zero-order valence-electron chi connectivity index (χ0n) is 14.1. The van der Waals surface area contributed by atoms with E-state index in [1.54, 1.807) is 0 Å². The Kier molecular flexibility index (Phi) is 5.48. The average Bonchev–Trinajstić information content (AvgIpc) is 2.59. The molecule has 1 heterocycles. The number of halogens is 1. The summed E-state index contributed by atoms with van der Waals surface area (Å²) in [6, 6.07) is 15.1. The maximum Gasteiger partial charge on any atom is 0.123 e. The fourth-order valence-corrected chi connectivity index (χ4v) is 3.19. The van der Waals surface area contributed by atoms with Crippen molar-refractivity contribution in [2.75, 3.05) is 18.4 Å². The molecule has 1 atom stereocenters. The van der Waals surface area contributed by atoms with Gasteiger partial charge in [0.25, 0.3) is 0 Å². The number of aliphatic hydroxyl groups excluding tert-OH is 1. The van der Waals surface area contributed by atoms with E-state index in [2.05, 4.69) is 35.3 Å². The van der Waals surface area contributed by atoms with Gasteiger partial charge in [-0.1, -0.05) is 30.3 Å². The summed E-state index contributed by atoms with van der Waals surface area (Å²) in [7, 11) is 0. The van der Waals surface area contributed by atoms with Crippen molar-refractivity contribution in [3.8, 4) is 0 Å². The number of anilines is 1. The van der Waals surface area contributed by atoms with Crippen molar-refractivity contribution < 1.29 is 9.50 Å². The van der Waals surface area contributed by atoms with Gasteiger partial charge in [-0.2, -0.15) is 0 Å². The van der Waals surface area contributed by atoms with E-state index in [1.165, 1.54) is 17.7 Å². The Morgan fingerprint density at radius 3 is 2.50 bits per heavy atom. The van der Waals surface area contributed by atoms with Crippen molar-refractivity contribution >= 4 is 5.69 Å². The molecule has 0 bridgehead atoms. The Balaban J connectivity index is 1.68. The molecule has 0 radical (unpaired) electrons. The number of aliphatic hydroxyl groups is 1. The van der Waals surface area contributed by atoms with Crippen LogP contribution < -0.4 is 5.32 Å². The van der Waals surface area contributed by atoms with Gasteiger partial charge in [-0.15, -0.1) is 0 Å². The molecule has 0 saturated carbocycles. The van der Waals surface area contributed by atoms with E-state index in [-0.39, 0.29) is 18.0 Å². The topological polar surface area (TPSA) is 35.5 Å². The predicted molar refractivity (Wildman–Crippen MR) is 95.4 cm³/mol. The van der Waals surface area contributed by atoms with E-state index in [0.717, 1.165) is 43.7 Å². The van der Waals surface area contributed by atoms with Crippen LogP contribution in [0.25, 0.3) is 0 Å². The van der Waals surface area contributed by atoms with Crippen molar-refractivity contribution in [3.63, 3.8) is 0 Å². The molecule has 0 aliphatic carbocycles. The van der Waals surface area contributed by atoms with Crippen molar-refractivity contribution in [1.29, 1.82) is 0 Å². The van der Waals surface area contributed by atoms with Crippen LogP contribution in [0.2, 0.25) is 0 Å². The summed E-state index contributed by atoms with van der Waals surface area (Å²) < 4.78 is 13.1. The predicted octanol–water partition coefficient (Wildman–Crippen LogP) is 3.96. The molecule has 0 amide bonds. The van der Waals surface area contributed by atoms with E-state index in [9.17, 15) is 9.50 Å². The minimum Gasteiger partial charge on any atom is -0.393 e. The van der Waals surface area contributed by atoms with Gasteiger partial charge in [0.1, 0.15) is 5.82 Å². The lowest BCUT2D eigenvalue weighted by atomic mass is 10.0. The van der Waals surface area contributed by atoms with E-state index in [1.807, 2.05) is 18.2 Å². The monoisotopic (exact) mass is 328 g/mol. The molecule has 1 aliphatic heterocycles. The third-order valence-electron chi connectivity index (χ3n) is 4.71. The van der Waals surface area contributed by atoms with Gasteiger partial charge in [-0.05, 0) is 49.1 Å². The van der Waals surface area contributed by atoms with Crippen LogP contribution in [0.3, 0.4) is 0 Å². The maximum absolute atomic E-state index is 13.1. The molecular formula is C20H25FN2O. The van der Waals surface area contributed by atoms with Crippen LogP contribution in [0.1, 0.15) is 36.9 Å². The molecule has 0 aromatic heterocycles. The highest BCUT2D eigenvalue weighted by Crippen LogP contribution is 2.24. The van der Waals surface area contributed by atoms with Crippen LogP contribution in [0.15, 0.2) is 48.5 Å². The van der Waals surface area contributed by atoms with Gasteiger partial charge in [0.2, 0.25) is 0 Å². The molecule has 3 nitrogen and oxygen atoms in total. The molecule has 2 aromatic rings. The Morgan fingerprint density at radius 1 is 1.12 bits per heavy atom. The van der Waals surface area contributed by atoms with Gasteiger partial charge in [0, 0.05) is 31.4 Å². The van der Waals surface area contributed by atoms with E-state index < -0.39 is 0 Å². The second-order valence-electron chi connectivity index (χ2n) is 6.58. The number of rotatable bonds is 5. The van der Waals surface area contributed by atoms with E-state index >= 15 is 0 Å². The summed E-state index contributed by atoms with van der Waals surface area (Å²) in [5.74, 6) is -0.210.